The summed E-state index contributed by atoms with van der Waals surface area (Å²) in [6.07, 6.45) is 2.71. The Balaban J connectivity index is 2.11. The van der Waals surface area contributed by atoms with Gasteiger partial charge in [-0.3, -0.25) is 4.98 Å². The molecule has 2 aromatic carbocycles. The zero-order valence-electron chi connectivity index (χ0n) is 11.7. The van der Waals surface area contributed by atoms with Crippen molar-refractivity contribution in [1.82, 2.24) is 15.0 Å². The van der Waals surface area contributed by atoms with Crippen LogP contribution in [0.25, 0.3) is 32.9 Å². The number of pyridine rings is 1. The predicted octanol–water partition coefficient (Wildman–Crippen LogP) is 2.98. The van der Waals surface area contributed by atoms with Crippen molar-refractivity contribution in [2.24, 2.45) is 0 Å². The molecule has 4 rings (SSSR count). The van der Waals surface area contributed by atoms with Crippen LogP contribution in [0.4, 0.5) is 4.39 Å². The average Bonchev–Trinajstić information content (AvgIpc) is 2.55. The first-order valence-corrected chi connectivity index (χ1v) is 6.89. The van der Waals surface area contributed by atoms with Crippen molar-refractivity contribution in [1.29, 1.82) is 0 Å². The molecule has 0 spiro atoms. The second-order valence-electron chi connectivity index (χ2n) is 5.15. The fourth-order valence-corrected chi connectivity index (χ4v) is 2.67. The number of H-pyrrole nitrogens is 1. The molecular weight excluding hydrogens is 297 g/mol. The molecule has 0 aliphatic rings. The van der Waals surface area contributed by atoms with Gasteiger partial charge in [-0.15, -0.1) is 0 Å². The molecule has 0 fully saturated rings. The normalized spacial score (nSPS) is 11.2. The summed E-state index contributed by atoms with van der Waals surface area (Å²) >= 11 is 0. The van der Waals surface area contributed by atoms with E-state index in [9.17, 15) is 14.3 Å². The Morgan fingerprint density at radius 3 is 2.70 bits per heavy atom. The van der Waals surface area contributed by atoms with E-state index < -0.39 is 11.5 Å². The molecule has 4 aromatic rings. The molecule has 2 heterocycles. The van der Waals surface area contributed by atoms with Crippen LogP contribution in [0.1, 0.15) is 0 Å². The number of nitrogens with one attached hydrogen (secondary N) is 1. The van der Waals surface area contributed by atoms with E-state index >= 15 is 0 Å². The topological polar surface area (TPSA) is 78.9 Å². The van der Waals surface area contributed by atoms with Gasteiger partial charge in [0.25, 0.3) is 0 Å². The highest BCUT2D eigenvalue weighted by molar-refractivity contribution is 5.98. The van der Waals surface area contributed by atoms with Gasteiger partial charge in [0.15, 0.2) is 5.82 Å². The minimum absolute atomic E-state index is 0.0169. The minimum Gasteiger partial charge on any atom is -0.508 e. The molecule has 112 valence electrons. The summed E-state index contributed by atoms with van der Waals surface area (Å²) in [5.41, 5.74) is -0.0687. The largest absolute Gasteiger partial charge is 0.508 e. The van der Waals surface area contributed by atoms with Crippen LogP contribution in [0.5, 0.6) is 5.75 Å². The maximum Gasteiger partial charge on any atom is 0.345 e. The molecule has 0 aliphatic carbocycles. The lowest BCUT2D eigenvalue weighted by molar-refractivity contribution is 0.476. The molecule has 0 bridgehead atoms. The number of benzene rings is 2. The monoisotopic (exact) mass is 307 g/mol. The van der Waals surface area contributed by atoms with Gasteiger partial charge in [0.05, 0.1) is 5.52 Å². The average molecular weight is 307 g/mol. The number of aromatic nitrogens is 3. The smallest absolute Gasteiger partial charge is 0.345 e. The van der Waals surface area contributed by atoms with E-state index in [-0.39, 0.29) is 17.0 Å². The number of rotatable bonds is 1. The molecule has 6 heteroatoms. The molecule has 0 unspecified atom stereocenters. The van der Waals surface area contributed by atoms with E-state index in [1.165, 1.54) is 18.5 Å². The third-order valence-electron chi connectivity index (χ3n) is 3.70. The number of hydrogen-bond donors (Lipinski definition) is 2. The summed E-state index contributed by atoms with van der Waals surface area (Å²) in [5, 5.41) is 11.8. The first-order chi connectivity index (χ1) is 11.1. The van der Waals surface area contributed by atoms with Crippen LogP contribution in [0.15, 0.2) is 53.6 Å². The van der Waals surface area contributed by atoms with Crippen LogP contribution in [-0.4, -0.2) is 20.1 Å². The second-order valence-corrected chi connectivity index (χ2v) is 5.15. The Morgan fingerprint density at radius 1 is 1.04 bits per heavy atom. The van der Waals surface area contributed by atoms with Crippen LogP contribution in [0.3, 0.4) is 0 Å². The van der Waals surface area contributed by atoms with Crippen LogP contribution >= 0.6 is 0 Å². The first-order valence-electron chi connectivity index (χ1n) is 6.89. The van der Waals surface area contributed by atoms with Crippen molar-refractivity contribution >= 4 is 21.7 Å². The van der Waals surface area contributed by atoms with Crippen LogP contribution < -0.4 is 5.69 Å². The highest BCUT2D eigenvalue weighted by Gasteiger charge is 2.15. The molecule has 2 aromatic heterocycles. The molecule has 0 saturated heterocycles. The highest BCUT2D eigenvalue weighted by atomic mass is 19.1. The number of nitrogens with zero attached hydrogens (tertiary/aromatic N) is 2. The van der Waals surface area contributed by atoms with E-state index in [0.717, 1.165) is 10.8 Å². The fraction of sp³-hybridized carbons (Fsp3) is 0. The van der Waals surface area contributed by atoms with E-state index in [1.54, 1.807) is 6.07 Å². The fourth-order valence-electron chi connectivity index (χ4n) is 2.67. The van der Waals surface area contributed by atoms with Gasteiger partial charge in [0.1, 0.15) is 11.4 Å². The molecule has 2 N–H and O–H groups in total. The zero-order valence-corrected chi connectivity index (χ0v) is 11.7. The molecule has 5 nitrogen and oxygen atoms in total. The van der Waals surface area contributed by atoms with Crippen molar-refractivity contribution in [2.75, 3.05) is 0 Å². The molecule has 0 saturated carbocycles. The van der Waals surface area contributed by atoms with Gasteiger partial charge in [-0.25, -0.2) is 14.2 Å². The number of halogens is 1. The molecule has 0 aliphatic heterocycles. The third-order valence-corrected chi connectivity index (χ3v) is 3.70. The van der Waals surface area contributed by atoms with E-state index in [2.05, 4.69) is 15.0 Å². The van der Waals surface area contributed by atoms with Gasteiger partial charge in [0, 0.05) is 23.3 Å². The van der Waals surface area contributed by atoms with Crippen LogP contribution in [-0.2, 0) is 0 Å². The van der Waals surface area contributed by atoms with Gasteiger partial charge in [-0.05, 0) is 22.9 Å². The Morgan fingerprint density at radius 2 is 1.83 bits per heavy atom. The quantitative estimate of drug-likeness (QED) is 0.566. The van der Waals surface area contributed by atoms with Crippen LogP contribution in [0.2, 0.25) is 0 Å². The molecular formula is C17H10FN3O2. The summed E-state index contributed by atoms with van der Waals surface area (Å²) < 4.78 is 14.9. The predicted molar refractivity (Wildman–Crippen MR) is 84.7 cm³/mol. The lowest BCUT2D eigenvalue weighted by Gasteiger charge is -2.09. The van der Waals surface area contributed by atoms with Crippen molar-refractivity contribution < 1.29 is 9.50 Å². The number of fused-ring (bicyclic) bond motifs is 2. The van der Waals surface area contributed by atoms with Crippen molar-refractivity contribution in [3.8, 4) is 17.0 Å². The standard InChI is InChI=1S/C17H10FN3O2/c18-14-15-10(8-20-17(23)21-15)7-19-16(14)13-6-11(22)5-9-3-1-2-4-12(9)13/h1-8,22H,(H,20,21,23). The zero-order chi connectivity index (χ0) is 16.0. The van der Waals surface area contributed by atoms with E-state index in [4.69, 9.17) is 0 Å². The summed E-state index contributed by atoms with van der Waals surface area (Å²) in [6.45, 7) is 0. The maximum absolute atomic E-state index is 14.9. The number of phenols is 1. The number of hydrogen-bond acceptors (Lipinski definition) is 4. The summed E-state index contributed by atoms with van der Waals surface area (Å²) in [6, 6.07) is 10.4. The maximum atomic E-state index is 14.9. The van der Waals surface area contributed by atoms with Crippen molar-refractivity contribution in [3.63, 3.8) is 0 Å². The van der Waals surface area contributed by atoms with Gasteiger partial charge < -0.3 is 10.1 Å². The SMILES string of the molecule is O=c1ncc2cnc(-c3cc(O)cc4ccccc34)c(F)c2[nH]1. The molecule has 0 atom stereocenters. The van der Waals surface area contributed by atoms with Crippen LogP contribution in [0, 0.1) is 5.82 Å². The Labute approximate surface area is 129 Å². The van der Waals surface area contributed by atoms with E-state index in [1.807, 2.05) is 24.3 Å². The van der Waals surface area contributed by atoms with Gasteiger partial charge >= 0.3 is 5.69 Å². The van der Waals surface area contributed by atoms with Crippen molar-refractivity contribution in [3.05, 3.63) is 65.1 Å². The van der Waals surface area contributed by atoms with E-state index in [0.29, 0.717) is 10.9 Å². The lowest BCUT2D eigenvalue weighted by Crippen LogP contribution is -2.10. The van der Waals surface area contributed by atoms with Gasteiger partial charge in [-0.2, -0.15) is 0 Å². The summed E-state index contributed by atoms with van der Waals surface area (Å²) in [7, 11) is 0. The van der Waals surface area contributed by atoms with Gasteiger partial charge in [0.2, 0.25) is 0 Å². The number of phenolic OH excluding ortho intramolecular Hbond substituents is 1. The second kappa shape index (κ2) is 4.88. The third kappa shape index (κ3) is 2.12. The number of aromatic hydroxyl groups is 1. The molecule has 0 radical (unpaired) electrons. The molecule has 23 heavy (non-hydrogen) atoms. The van der Waals surface area contributed by atoms with Gasteiger partial charge in [-0.1, -0.05) is 24.3 Å². The first kappa shape index (κ1) is 13.4. The van der Waals surface area contributed by atoms with Crippen molar-refractivity contribution in [2.45, 2.75) is 0 Å². The Hall–Kier alpha value is -3.28. The molecule has 0 amide bonds. The summed E-state index contributed by atoms with van der Waals surface area (Å²) in [4.78, 5) is 21.4. The highest BCUT2D eigenvalue weighted by Crippen LogP contribution is 2.34. The lowest BCUT2D eigenvalue weighted by atomic mass is 10.0. The number of aromatic amines is 1. The Bertz CT molecular complexity index is 1120. The minimum atomic E-state index is -0.655. The Kier molecular flexibility index (Phi) is 2.84. The summed E-state index contributed by atoms with van der Waals surface area (Å²) in [5.74, 6) is -0.638.